The molecule has 1 aromatic heterocycles. The largest absolute Gasteiger partial charge is 0.494 e. The molecule has 2 atom stereocenters. The minimum Gasteiger partial charge on any atom is -0.494 e. The first-order chi connectivity index (χ1) is 30.0. The lowest BCUT2D eigenvalue weighted by molar-refractivity contribution is 0.126. The Morgan fingerprint density at radius 2 is 1.03 bits per heavy atom. The monoisotopic (exact) mass is 825 g/mol. The maximum absolute atomic E-state index is 5.82. The minimum absolute atomic E-state index is 0.691. The van der Waals surface area contributed by atoms with E-state index < -0.39 is 0 Å². The molecule has 326 valence electrons. The second-order valence-electron chi connectivity index (χ2n) is 17.5. The highest BCUT2D eigenvalue weighted by Gasteiger charge is 2.53. The fraction of sp³-hybridized carbons (Fsp3) is 0.491. The summed E-state index contributed by atoms with van der Waals surface area (Å²) < 4.78 is 22.2. The number of nitrogens with zero attached hydrogens (tertiary/aromatic N) is 2. The Hall–Kier alpha value is -4.52. The molecule has 0 N–H and O–H groups in total. The molecule has 0 saturated heterocycles. The molecule has 0 radical (unpaired) electrons. The van der Waals surface area contributed by atoms with Crippen LogP contribution in [0.4, 0.5) is 0 Å². The van der Waals surface area contributed by atoms with E-state index in [4.69, 9.17) is 18.9 Å². The zero-order valence-corrected chi connectivity index (χ0v) is 37.7. The molecule has 5 aromatic rings. The second kappa shape index (κ2) is 25.4. The molecule has 2 aliphatic carbocycles. The van der Waals surface area contributed by atoms with E-state index in [1.165, 1.54) is 84.7 Å². The molecule has 7 rings (SSSR count). The average molecular weight is 825 g/mol. The van der Waals surface area contributed by atoms with Crippen molar-refractivity contribution in [3.05, 3.63) is 121 Å². The van der Waals surface area contributed by atoms with Crippen molar-refractivity contribution in [3.8, 4) is 45.1 Å². The molecule has 1 heterocycles. The molecule has 0 aliphatic heterocycles. The van der Waals surface area contributed by atoms with Gasteiger partial charge in [-0.05, 0) is 141 Å². The number of hydrogen-bond acceptors (Lipinski definition) is 6. The second-order valence-corrected chi connectivity index (χ2v) is 17.5. The summed E-state index contributed by atoms with van der Waals surface area (Å²) in [6.07, 6.45) is 21.0. The van der Waals surface area contributed by atoms with E-state index in [0.717, 1.165) is 106 Å². The van der Waals surface area contributed by atoms with Gasteiger partial charge in [0.15, 0.2) is 11.6 Å². The van der Waals surface area contributed by atoms with Gasteiger partial charge in [-0.25, -0.2) is 9.97 Å². The topological polar surface area (TPSA) is 62.7 Å². The molecular formula is C55H72N2O4. The lowest BCUT2D eigenvalue weighted by Gasteiger charge is -2.09. The van der Waals surface area contributed by atoms with Crippen molar-refractivity contribution in [1.82, 2.24) is 9.97 Å². The SMILES string of the molecule is CCCCOCCCCCCOc1cnc(-c2ccc(-c3ccc(-c4ccc(C)cc4)cc3)cc2)nc1.COCCCCOc1ccc(CCCCC2C3CC(C)CC23)cc1. The number of ether oxygens (including phenoxy) is 4. The fourth-order valence-electron chi connectivity index (χ4n) is 8.83. The predicted octanol–water partition coefficient (Wildman–Crippen LogP) is 14.0. The van der Waals surface area contributed by atoms with Gasteiger partial charge in [-0.2, -0.15) is 0 Å². The number of aryl methyl sites for hydroxylation is 2. The van der Waals surface area contributed by atoms with Crippen molar-refractivity contribution in [2.75, 3.05) is 40.1 Å². The molecule has 4 aromatic carbocycles. The Morgan fingerprint density at radius 1 is 0.525 bits per heavy atom. The van der Waals surface area contributed by atoms with Crippen LogP contribution in [0.15, 0.2) is 109 Å². The summed E-state index contributed by atoms with van der Waals surface area (Å²) in [5.74, 6) is 6.75. The standard InChI is InChI=1S/C33H38N2O2.C22H34O2/c1-3-4-21-36-22-7-5-6-8-23-37-32-24-34-33(35-25-32)31-19-17-30(18-20-31)29-15-13-28(14-16-29)27-11-9-26(2)10-12-27;1-17-15-21-20(22(21)16-17)8-4-3-7-18-9-11-19(12-10-18)24-14-6-5-13-23-2/h9-20,24-25H,3-8,21-23H2,1-2H3;9-12,17,20-22H,3-8,13-16H2,1-2H3. The van der Waals surface area contributed by atoms with Crippen LogP contribution >= 0.6 is 0 Å². The van der Waals surface area contributed by atoms with E-state index >= 15 is 0 Å². The van der Waals surface area contributed by atoms with Gasteiger partial charge in [-0.1, -0.05) is 124 Å². The first-order valence-electron chi connectivity index (χ1n) is 23.5. The van der Waals surface area contributed by atoms with Gasteiger partial charge < -0.3 is 18.9 Å². The van der Waals surface area contributed by atoms with Gasteiger partial charge in [0.1, 0.15) is 5.75 Å². The quantitative estimate of drug-likeness (QED) is 0.0546. The van der Waals surface area contributed by atoms with Crippen molar-refractivity contribution in [2.45, 2.75) is 111 Å². The molecule has 6 heteroatoms. The highest BCUT2D eigenvalue weighted by molar-refractivity contribution is 5.72. The normalized spacial score (nSPS) is 17.6. The molecule has 0 spiro atoms. The molecular weight excluding hydrogens is 753 g/mol. The number of benzene rings is 4. The maximum atomic E-state index is 5.82. The van der Waals surface area contributed by atoms with Gasteiger partial charge in [-0.15, -0.1) is 0 Å². The Labute approximate surface area is 367 Å². The van der Waals surface area contributed by atoms with E-state index in [1.54, 1.807) is 19.5 Å². The Balaban J connectivity index is 0.000000223. The number of aromatic nitrogens is 2. The summed E-state index contributed by atoms with van der Waals surface area (Å²) in [4.78, 5) is 9.03. The van der Waals surface area contributed by atoms with Crippen molar-refractivity contribution in [1.29, 1.82) is 0 Å². The van der Waals surface area contributed by atoms with Gasteiger partial charge in [0.2, 0.25) is 0 Å². The van der Waals surface area contributed by atoms with Gasteiger partial charge in [0.25, 0.3) is 0 Å². The molecule has 0 amide bonds. The van der Waals surface area contributed by atoms with Crippen molar-refractivity contribution >= 4 is 0 Å². The fourth-order valence-corrected chi connectivity index (χ4v) is 8.83. The molecule has 6 nitrogen and oxygen atoms in total. The number of fused-ring (bicyclic) bond motifs is 1. The van der Waals surface area contributed by atoms with Crippen LogP contribution in [0.5, 0.6) is 11.5 Å². The first kappa shape index (κ1) is 46.0. The van der Waals surface area contributed by atoms with Crippen molar-refractivity contribution in [3.63, 3.8) is 0 Å². The van der Waals surface area contributed by atoms with Gasteiger partial charge >= 0.3 is 0 Å². The van der Waals surface area contributed by atoms with Crippen LogP contribution < -0.4 is 9.47 Å². The third-order valence-electron chi connectivity index (χ3n) is 12.5. The summed E-state index contributed by atoms with van der Waals surface area (Å²) >= 11 is 0. The third kappa shape index (κ3) is 15.4. The third-order valence-corrected chi connectivity index (χ3v) is 12.5. The molecule has 2 unspecified atom stereocenters. The van der Waals surface area contributed by atoms with E-state index in [-0.39, 0.29) is 0 Å². The number of unbranched alkanes of at least 4 members (excludes halogenated alkanes) is 6. The zero-order valence-electron chi connectivity index (χ0n) is 37.7. The molecule has 2 saturated carbocycles. The summed E-state index contributed by atoms with van der Waals surface area (Å²) in [5.41, 5.74) is 8.54. The van der Waals surface area contributed by atoms with Crippen LogP contribution in [0.2, 0.25) is 0 Å². The highest BCUT2D eigenvalue weighted by atomic mass is 16.5. The van der Waals surface area contributed by atoms with E-state index in [9.17, 15) is 0 Å². The molecule has 0 bridgehead atoms. The lowest BCUT2D eigenvalue weighted by atomic mass is 9.98. The number of rotatable bonds is 25. The van der Waals surface area contributed by atoms with E-state index in [2.05, 4.69) is 128 Å². The smallest absolute Gasteiger partial charge is 0.159 e. The molecule has 2 fully saturated rings. The number of methoxy groups -OCH3 is 1. The lowest BCUT2D eigenvalue weighted by Crippen LogP contribution is -2.00. The first-order valence-corrected chi connectivity index (χ1v) is 23.5. The average Bonchev–Trinajstić information content (AvgIpc) is 3.76. The van der Waals surface area contributed by atoms with Crippen LogP contribution in [0, 0.1) is 30.6 Å². The summed E-state index contributed by atoms with van der Waals surface area (Å²) in [6.45, 7) is 10.8. The maximum Gasteiger partial charge on any atom is 0.159 e. The van der Waals surface area contributed by atoms with Crippen LogP contribution in [0.25, 0.3) is 33.6 Å². The van der Waals surface area contributed by atoms with Gasteiger partial charge in [0, 0.05) is 32.5 Å². The van der Waals surface area contributed by atoms with Crippen LogP contribution in [-0.4, -0.2) is 50.1 Å². The van der Waals surface area contributed by atoms with Gasteiger partial charge in [-0.3, -0.25) is 0 Å². The predicted molar refractivity (Wildman–Crippen MR) is 252 cm³/mol. The van der Waals surface area contributed by atoms with Gasteiger partial charge in [0.05, 0.1) is 25.6 Å². The Bertz CT molecular complexity index is 1920. The summed E-state index contributed by atoms with van der Waals surface area (Å²) in [5, 5.41) is 0. The Kier molecular flexibility index (Phi) is 19.2. The van der Waals surface area contributed by atoms with Crippen LogP contribution in [0.1, 0.15) is 108 Å². The molecule has 2 aliphatic rings. The van der Waals surface area contributed by atoms with Crippen LogP contribution in [-0.2, 0) is 15.9 Å². The minimum atomic E-state index is 0.691. The highest BCUT2D eigenvalue weighted by Crippen LogP contribution is 2.61. The zero-order chi connectivity index (χ0) is 42.5. The van der Waals surface area contributed by atoms with E-state index in [1.807, 2.05) is 0 Å². The summed E-state index contributed by atoms with van der Waals surface area (Å²) in [6, 6.07) is 34.5. The van der Waals surface area contributed by atoms with Crippen LogP contribution in [0.3, 0.4) is 0 Å². The Morgan fingerprint density at radius 3 is 1.62 bits per heavy atom. The van der Waals surface area contributed by atoms with Crippen molar-refractivity contribution < 1.29 is 18.9 Å². The number of hydrogen-bond donors (Lipinski definition) is 0. The molecule has 61 heavy (non-hydrogen) atoms. The van der Waals surface area contributed by atoms with Crippen molar-refractivity contribution in [2.24, 2.45) is 23.7 Å². The van der Waals surface area contributed by atoms with E-state index in [0.29, 0.717) is 12.4 Å². The summed E-state index contributed by atoms with van der Waals surface area (Å²) in [7, 11) is 1.75.